The molecule has 4 nitrogen and oxygen atoms in total. The van der Waals surface area contributed by atoms with Gasteiger partial charge in [-0.25, -0.2) is 0 Å². The summed E-state index contributed by atoms with van der Waals surface area (Å²) in [6, 6.07) is 16.9. The predicted octanol–water partition coefficient (Wildman–Crippen LogP) is 4.18. The zero-order valence-electron chi connectivity index (χ0n) is 12.0. The van der Waals surface area contributed by atoms with E-state index in [0.717, 1.165) is 11.4 Å². The molecule has 0 saturated heterocycles. The quantitative estimate of drug-likeness (QED) is 0.322. The number of para-hydroxylation sites is 1. The second-order valence-corrected chi connectivity index (χ2v) is 4.38. The fourth-order valence-corrected chi connectivity index (χ4v) is 1.71. The van der Waals surface area contributed by atoms with E-state index in [1.54, 1.807) is 0 Å². The number of guanidine groups is 1. The van der Waals surface area contributed by atoms with Gasteiger partial charge in [-0.15, -0.1) is 24.0 Å². The van der Waals surface area contributed by atoms with Crippen LogP contribution in [0.15, 0.2) is 59.6 Å². The first kappa shape index (κ1) is 18.2. The maximum atomic E-state index is 12.0. The van der Waals surface area contributed by atoms with Crippen molar-refractivity contribution in [3.8, 4) is 11.5 Å². The van der Waals surface area contributed by atoms with E-state index in [-0.39, 0.29) is 29.9 Å². The first-order valence-corrected chi connectivity index (χ1v) is 6.74. The SMILES string of the molecule is I.NC(=NCCCF)Nc1cccc(Oc2ccccc2)c1. The van der Waals surface area contributed by atoms with Gasteiger partial charge in [-0.3, -0.25) is 9.38 Å². The molecular formula is C16H19FIN3O. The second kappa shape index (κ2) is 9.99. The molecule has 0 saturated carbocycles. The van der Waals surface area contributed by atoms with Gasteiger partial charge in [0.15, 0.2) is 5.96 Å². The summed E-state index contributed by atoms with van der Waals surface area (Å²) in [5.41, 5.74) is 6.49. The molecule has 0 fully saturated rings. The van der Waals surface area contributed by atoms with Crippen LogP contribution in [0.1, 0.15) is 6.42 Å². The summed E-state index contributed by atoms with van der Waals surface area (Å²) >= 11 is 0. The Morgan fingerprint density at radius 1 is 1.09 bits per heavy atom. The Labute approximate surface area is 146 Å². The first-order chi connectivity index (χ1) is 10.3. The maximum absolute atomic E-state index is 12.0. The summed E-state index contributed by atoms with van der Waals surface area (Å²) in [6.07, 6.45) is 0.375. The van der Waals surface area contributed by atoms with Crippen molar-refractivity contribution < 1.29 is 9.13 Å². The number of hydrogen-bond donors (Lipinski definition) is 2. The highest BCUT2D eigenvalue weighted by atomic mass is 127. The Balaban J connectivity index is 0.00000242. The second-order valence-electron chi connectivity index (χ2n) is 4.38. The van der Waals surface area contributed by atoms with E-state index in [9.17, 15) is 4.39 Å². The Hall–Kier alpha value is -1.83. The number of halogens is 2. The summed E-state index contributed by atoms with van der Waals surface area (Å²) in [4.78, 5) is 4.03. The van der Waals surface area contributed by atoms with Crippen LogP contribution in [0.5, 0.6) is 11.5 Å². The van der Waals surface area contributed by atoms with Crippen molar-refractivity contribution in [2.75, 3.05) is 18.5 Å². The molecule has 0 aromatic heterocycles. The Morgan fingerprint density at radius 3 is 2.55 bits per heavy atom. The molecule has 0 amide bonds. The van der Waals surface area contributed by atoms with E-state index in [4.69, 9.17) is 10.5 Å². The van der Waals surface area contributed by atoms with Gasteiger partial charge in [-0.2, -0.15) is 0 Å². The third kappa shape index (κ3) is 6.30. The van der Waals surface area contributed by atoms with E-state index < -0.39 is 6.67 Å². The smallest absolute Gasteiger partial charge is 0.193 e. The van der Waals surface area contributed by atoms with Gasteiger partial charge in [-0.05, 0) is 30.7 Å². The average molecular weight is 415 g/mol. The molecule has 0 heterocycles. The molecule has 0 aliphatic carbocycles. The van der Waals surface area contributed by atoms with Crippen LogP contribution in [0.25, 0.3) is 0 Å². The minimum absolute atomic E-state index is 0. The van der Waals surface area contributed by atoms with Crippen LogP contribution in [0.3, 0.4) is 0 Å². The standard InChI is InChI=1S/C16H18FN3O.HI/c17-10-5-11-19-16(18)20-13-6-4-9-15(12-13)21-14-7-2-1-3-8-14;/h1-4,6-9,12H,5,10-11H2,(H3,18,19,20);1H. The normalized spacial score (nSPS) is 10.7. The molecule has 2 aromatic carbocycles. The number of aliphatic imine (C=N–C) groups is 1. The lowest BCUT2D eigenvalue weighted by atomic mass is 10.3. The zero-order chi connectivity index (χ0) is 14.9. The van der Waals surface area contributed by atoms with Crippen molar-refractivity contribution in [2.45, 2.75) is 6.42 Å². The molecule has 0 aliphatic rings. The third-order valence-electron chi connectivity index (χ3n) is 2.66. The fourth-order valence-electron chi connectivity index (χ4n) is 1.71. The maximum Gasteiger partial charge on any atom is 0.193 e. The van der Waals surface area contributed by atoms with Gasteiger partial charge in [0.2, 0.25) is 0 Å². The van der Waals surface area contributed by atoms with Crippen LogP contribution in [0, 0.1) is 0 Å². The minimum Gasteiger partial charge on any atom is -0.457 e. The number of nitrogens with two attached hydrogens (primary N) is 1. The number of hydrogen-bond acceptors (Lipinski definition) is 2. The lowest BCUT2D eigenvalue weighted by Crippen LogP contribution is -2.22. The molecule has 0 unspecified atom stereocenters. The number of nitrogens with one attached hydrogen (secondary N) is 1. The molecule has 22 heavy (non-hydrogen) atoms. The van der Waals surface area contributed by atoms with Crippen molar-refractivity contribution in [3.05, 3.63) is 54.6 Å². The van der Waals surface area contributed by atoms with Crippen LogP contribution < -0.4 is 15.8 Å². The number of ether oxygens (including phenoxy) is 1. The number of nitrogens with zero attached hydrogens (tertiary/aromatic N) is 1. The van der Waals surface area contributed by atoms with Gasteiger partial charge in [-0.1, -0.05) is 24.3 Å². The Morgan fingerprint density at radius 2 is 1.82 bits per heavy atom. The molecule has 118 valence electrons. The summed E-state index contributed by atoms with van der Waals surface area (Å²) in [5, 5.41) is 2.95. The van der Waals surface area contributed by atoms with Crippen molar-refractivity contribution in [2.24, 2.45) is 10.7 Å². The lowest BCUT2D eigenvalue weighted by Gasteiger charge is -2.09. The Bertz CT molecular complexity index is 593. The van der Waals surface area contributed by atoms with Crippen LogP contribution in [-0.2, 0) is 0 Å². The molecule has 2 rings (SSSR count). The van der Waals surface area contributed by atoms with Crippen molar-refractivity contribution >= 4 is 35.6 Å². The molecule has 0 spiro atoms. The summed E-state index contributed by atoms with van der Waals surface area (Å²) in [7, 11) is 0. The van der Waals surface area contributed by atoms with Gasteiger partial charge >= 0.3 is 0 Å². The van der Waals surface area contributed by atoms with Crippen LogP contribution in [0.2, 0.25) is 0 Å². The highest BCUT2D eigenvalue weighted by Gasteiger charge is 2.00. The van der Waals surface area contributed by atoms with Gasteiger partial charge < -0.3 is 15.8 Å². The number of alkyl halides is 1. The van der Waals surface area contributed by atoms with E-state index in [0.29, 0.717) is 18.7 Å². The monoisotopic (exact) mass is 415 g/mol. The molecule has 2 aromatic rings. The molecule has 0 atom stereocenters. The highest BCUT2D eigenvalue weighted by Crippen LogP contribution is 2.23. The molecular weight excluding hydrogens is 396 g/mol. The molecule has 6 heteroatoms. The van der Waals surface area contributed by atoms with Crippen LogP contribution >= 0.6 is 24.0 Å². The van der Waals surface area contributed by atoms with Crippen LogP contribution in [-0.4, -0.2) is 19.2 Å². The van der Waals surface area contributed by atoms with Crippen molar-refractivity contribution in [1.82, 2.24) is 0 Å². The Kier molecular flexibility index (Phi) is 8.27. The topological polar surface area (TPSA) is 59.6 Å². The van der Waals surface area contributed by atoms with Crippen LogP contribution in [0.4, 0.5) is 10.1 Å². The number of benzene rings is 2. The van der Waals surface area contributed by atoms with Gasteiger partial charge in [0.05, 0.1) is 6.67 Å². The molecule has 0 radical (unpaired) electrons. The van der Waals surface area contributed by atoms with E-state index in [1.807, 2.05) is 54.6 Å². The zero-order valence-corrected chi connectivity index (χ0v) is 14.4. The molecule has 0 aliphatic heterocycles. The van der Waals surface area contributed by atoms with Gasteiger partial charge in [0, 0.05) is 18.3 Å². The summed E-state index contributed by atoms with van der Waals surface area (Å²) in [5.74, 6) is 1.72. The fraction of sp³-hybridized carbons (Fsp3) is 0.188. The van der Waals surface area contributed by atoms with E-state index in [1.165, 1.54) is 0 Å². The van der Waals surface area contributed by atoms with Crippen molar-refractivity contribution in [1.29, 1.82) is 0 Å². The highest BCUT2D eigenvalue weighted by molar-refractivity contribution is 14.0. The van der Waals surface area contributed by atoms with Gasteiger partial charge in [0.1, 0.15) is 11.5 Å². The van der Waals surface area contributed by atoms with Gasteiger partial charge in [0.25, 0.3) is 0 Å². The number of rotatable bonds is 6. The molecule has 0 bridgehead atoms. The third-order valence-corrected chi connectivity index (χ3v) is 2.66. The average Bonchev–Trinajstić information content (AvgIpc) is 2.49. The summed E-state index contributed by atoms with van der Waals surface area (Å²) in [6.45, 7) is -0.0211. The van der Waals surface area contributed by atoms with Crippen molar-refractivity contribution in [3.63, 3.8) is 0 Å². The van der Waals surface area contributed by atoms with E-state index in [2.05, 4.69) is 10.3 Å². The first-order valence-electron chi connectivity index (χ1n) is 6.74. The minimum atomic E-state index is -0.392. The van der Waals surface area contributed by atoms with E-state index >= 15 is 0 Å². The largest absolute Gasteiger partial charge is 0.457 e. The lowest BCUT2D eigenvalue weighted by molar-refractivity contribution is 0.477. The molecule has 3 N–H and O–H groups in total. The summed E-state index contributed by atoms with van der Waals surface area (Å²) < 4.78 is 17.7. The number of anilines is 1. The predicted molar refractivity (Wildman–Crippen MR) is 99.1 cm³/mol.